The van der Waals surface area contributed by atoms with Crippen LogP contribution in [0, 0.1) is 50.2 Å². The Bertz CT molecular complexity index is 1320. The van der Waals surface area contributed by atoms with Crippen molar-refractivity contribution in [1.82, 2.24) is 0 Å². The normalized spacial score (nSPS) is 9.27. The molecule has 0 saturated carbocycles. The average Bonchev–Trinajstić information content (AvgIpc) is 2.83. The molecule has 0 aromatic heterocycles. The first-order valence-electron chi connectivity index (χ1n) is 10.9. The fourth-order valence-electron chi connectivity index (χ4n) is 3.45. The molecule has 1 nitrogen and oxygen atoms in total. The molecular weight excluding hydrogens is 414 g/mol. The highest BCUT2D eigenvalue weighted by molar-refractivity contribution is 5.92. The molecule has 33 heavy (non-hydrogen) atoms. The summed E-state index contributed by atoms with van der Waals surface area (Å²) in [6.45, 7) is 11.7. The van der Waals surface area contributed by atoms with E-state index in [1.165, 1.54) is 12.1 Å². The van der Waals surface area contributed by atoms with Gasteiger partial charge in [-0.15, -0.1) is 12.8 Å². The second kappa shape index (κ2) is 12.9. The highest BCUT2D eigenvalue weighted by Gasteiger charge is 2.09. The van der Waals surface area contributed by atoms with Crippen molar-refractivity contribution < 1.29 is 13.9 Å². The fourth-order valence-corrected chi connectivity index (χ4v) is 3.45. The molecule has 0 saturated heterocycles. The predicted octanol–water partition coefficient (Wildman–Crippen LogP) is 8.30. The predicted molar refractivity (Wildman–Crippen MR) is 138 cm³/mol. The van der Waals surface area contributed by atoms with E-state index >= 15 is 0 Å². The third-order valence-electron chi connectivity index (χ3n) is 4.74. The van der Waals surface area contributed by atoms with Gasteiger partial charge in [-0.3, -0.25) is 0 Å². The standard InChI is InChI=1S/C13H9FO.C13H9F.2C2H6/c1-3-11-12(14)5-4-9-7-10(15)6-8(2)13(9)11;1-3-11-12(14)8-7-10-6-4-5-9(2)13(10)11;2*1-2/h1,4-7,15H,2H3;1,4-8H,2H3;2*1-2H3. The maximum absolute atomic E-state index is 13.4. The monoisotopic (exact) mass is 444 g/mol. The topological polar surface area (TPSA) is 20.2 Å². The molecular formula is C30H30F2O. The van der Waals surface area contributed by atoms with E-state index < -0.39 is 5.82 Å². The summed E-state index contributed by atoms with van der Waals surface area (Å²) in [6, 6.07) is 15.0. The zero-order chi connectivity index (χ0) is 25.1. The van der Waals surface area contributed by atoms with Crippen LogP contribution in [0.2, 0.25) is 0 Å². The van der Waals surface area contributed by atoms with Gasteiger partial charge < -0.3 is 5.11 Å². The minimum Gasteiger partial charge on any atom is -0.508 e. The largest absolute Gasteiger partial charge is 0.508 e. The Labute approximate surface area is 196 Å². The highest BCUT2D eigenvalue weighted by atomic mass is 19.1. The van der Waals surface area contributed by atoms with Crippen molar-refractivity contribution in [2.45, 2.75) is 41.5 Å². The van der Waals surface area contributed by atoms with Gasteiger partial charge in [0.25, 0.3) is 0 Å². The van der Waals surface area contributed by atoms with E-state index in [1.807, 2.05) is 52.8 Å². The molecule has 4 rings (SSSR count). The van der Waals surface area contributed by atoms with Crippen LogP contribution in [0.5, 0.6) is 5.75 Å². The van der Waals surface area contributed by atoms with Crippen molar-refractivity contribution in [3.8, 4) is 30.4 Å². The third-order valence-corrected chi connectivity index (χ3v) is 4.74. The fraction of sp³-hybridized carbons (Fsp3) is 0.200. The number of benzene rings is 4. The first-order valence-corrected chi connectivity index (χ1v) is 10.9. The molecule has 0 unspecified atom stereocenters. The number of aryl methyl sites for hydroxylation is 2. The van der Waals surface area contributed by atoms with Gasteiger partial charge in [-0.1, -0.05) is 69.9 Å². The van der Waals surface area contributed by atoms with E-state index in [1.54, 1.807) is 31.2 Å². The Morgan fingerprint density at radius 3 is 1.67 bits per heavy atom. The molecule has 0 aliphatic rings. The van der Waals surface area contributed by atoms with Crippen LogP contribution in [0.3, 0.4) is 0 Å². The lowest BCUT2D eigenvalue weighted by molar-refractivity contribution is 0.476. The van der Waals surface area contributed by atoms with E-state index in [0.717, 1.165) is 27.3 Å². The molecule has 0 bridgehead atoms. The molecule has 0 aliphatic carbocycles. The number of fused-ring (bicyclic) bond motifs is 2. The second-order valence-electron chi connectivity index (χ2n) is 6.67. The van der Waals surface area contributed by atoms with Crippen molar-refractivity contribution in [3.05, 3.63) is 88.5 Å². The zero-order valence-corrected chi connectivity index (χ0v) is 20.1. The first-order chi connectivity index (χ1) is 15.9. The Morgan fingerprint density at radius 2 is 1.15 bits per heavy atom. The van der Waals surface area contributed by atoms with Gasteiger partial charge in [0.1, 0.15) is 17.4 Å². The molecule has 0 radical (unpaired) electrons. The zero-order valence-electron chi connectivity index (χ0n) is 20.1. The number of halogens is 2. The lowest BCUT2D eigenvalue weighted by atomic mass is 9.99. The molecule has 1 N–H and O–H groups in total. The quantitative estimate of drug-likeness (QED) is 0.270. The van der Waals surface area contributed by atoms with E-state index in [-0.39, 0.29) is 17.1 Å². The number of phenolic OH excluding ortho intramolecular Hbond substituents is 1. The Balaban J connectivity index is 0.000000288. The maximum Gasteiger partial charge on any atom is 0.139 e. The van der Waals surface area contributed by atoms with Crippen LogP contribution < -0.4 is 0 Å². The second-order valence-corrected chi connectivity index (χ2v) is 6.67. The van der Waals surface area contributed by atoms with E-state index in [4.69, 9.17) is 12.8 Å². The lowest BCUT2D eigenvalue weighted by Crippen LogP contribution is -1.89. The smallest absolute Gasteiger partial charge is 0.139 e. The molecule has 0 fully saturated rings. The summed E-state index contributed by atoms with van der Waals surface area (Å²) in [5, 5.41) is 12.7. The number of phenols is 1. The van der Waals surface area contributed by atoms with Gasteiger partial charge in [-0.2, -0.15) is 0 Å². The van der Waals surface area contributed by atoms with E-state index in [0.29, 0.717) is 10.9 Å². The first kappa shape index (κ1) is 27.2. The van der Waals surface area contributed by atoms with Crippen LogP contribution in [0.15, 0.2) is 54.6 Å². The van der Waals surface area contributed by atoms with E-state index in [2.05, 4.69) is 11.8 Å². The number of terminal acetylenes is 2. The van der Waals surface area contributed by atoms with E-state index in [9.17, 15) is 13.9 Å². The molecule has 0 spiro atoms. The third kappa shape index (κ3) is 6.12. The summed E-state index contributed by atoms with van der Waals surface area (Å²) in [4.78, 5) is 0. The highest BCUT2D eigenvalue weighted by Crippen LogP contribution is 2.28. The molecule has 3 heteroatoms. The summed E-state index contributed by atoms with van der Waals surface area (Å²) in [5.74, 6) is 4.18. The average molecular weight is 445 g/mol. The van der Waals surface area contributed by atoms with Crippen molar-refractivity contribution >= 4 is 21.5 Å². The Morgan fingerprint density at radius 1 is 0.667 bits per heavy atom. The van der Waals surface area contributed by atoms with Crippen LogP contribution >= 0.6 is 0 Å². The minimum absolute atomic E-state index is 0.162. The van der Waals surface area contributed by atoms with Crippen molar-refractivity contribution in [2.24, 2.45) is 0 Å². The van der Waals surface area contributed by atoms with Crippen LogP contribution in [0.1, 0.15) is 49.9 Å². The summed E-state index contributed by atoms with van der Waals surface area (Å²) in [7, 11) is 0. The Hall–Kier alpha value is -3.82. The summed E-state index contributed by atoms with van der Waals surface area (Å²) < 4.78 is 26.8. The molecule has 0 aliphatic heterocycles. The SMILES string of the molecule is C#Cc1c(F)ccc2cc(O)cc(C)c12.C#Cc1c(F)ccc2cccc(C)c12.CC.CC. The number of rotatable bonds is 0. The summed E-state index contributed by atoms with van der Waals surface area (Å²) in [6.07, 6.45) is 10.6. The summed E-state index contributed by atoms with van der Waals surface area (Å²) >= 11 is 0. The number of hydrogen-bond acceptors (Lipinski definition) is 1. The van der Waals surface area contributed by atoms with Crippen LogP contribution in [0.4, 0.5) is 8.78 Å². The lowest BCUT2D eigenvalue weighted by Gasteiger charge is -2.06. The maximum atomic E-state index is 13.4. The molecule has 170 valence electrons. The van der Waals surface area contributed by atoms with Gasteiger partial charge in [0.2, 0.25) is 0 Å². The van der Waals surface area contributed by atoms with Crippen LogP contribution in [-0.2, 0) is 0 Å². The van der Waals surface area contributed by atoms with Crippen molar-refractivity contribution in [2.75, 3.05) is 0 Å². The molecule has 0 atom stereocenters. The molecule has 0 amide bonds. The van der Waals surface area contributed by atoms with Gasteiger partial charge in [-0.05, 0) is 60.0 Å². The minimum atomic E-state index is -0.404. The van der Waals surface area contributed by atoms with Crippen LogP contribution in [-0.4, -0.2) is 5.11 Å². The molecule has 0 heterocycles. The van der Waals surface area contributed by atoms with Gasteiger partial charge in [0.05, 0.1) is 11.1 Å². The van der Waals surface area contributed by atoms with Crippen LogP contribution in [0.25, 0.3) is 21.5 Å². The van der Waals surface area contributed by atoms with Gasteiger partial charge >= 0.3 is 0 Å². The summed E-state index contributed by atoms with van der Waals surface area (Å²) in [5.41, 5.74) is 2.40. The van der Waals surface area contributed by atoms with Crippen molar-refractivity contribution in [3.63, 3.8) is 0 Å². The Kier molecular flexibility index (Phi) is 10.6. The molecule has 4 aromatic carbocycles. The molecule has 4 aromatic rings. The van der Waals surface area contributed by atoms with Gasteiger partial charge in [-0.25, -0.2) is 8.78 Å². The van der Waals surface area contributed by atoms with Gasteiger partial charge in [0.15, 0.2) is 0 Å². The number of hydrogen-bond donors (Lipinski definition) is 1. The number of aromatic hydroxyl groups is 1. The van der Waals surface area contributed by atoms with Gasteiger partial charge in [0, 0.05) is 10.8 Å². The van der Waals surface area contributed by atoms with Crippen molar-refractivity contribution in [1.29, 1.82) is 0 Å².